The Morgan fingerprint density at radius 1 is 1.33 bits per heavy atom. The molecule has 1 rings (SSSR count). The quantitative estimate of drug-likeness (QED) is 0.599. The van der Waals surface area contributed by atoms with Gasteiger partial charge in [-0.3, -0.25) is 0 Å². The molecule has 0 atom stereocenters. The van der Waals surface area contributed by atoms with Crippen molar-refractivity contribution in [1.29, 1.82) is 0 Å². The van der Waals surface area contributed by atoms with Crippen LogP contribution in [0.15, 0.2) is 12.1 Å². The van der Waals surface area contributed by atoms with E-state index in [1.54, 1.807) is 6.07 Å². The van der Waals surface area contributed by atoms with Crippen molar-refractivity contribution in [3.8, 4) is 5.75 Å². The first-order valence-electron chi connectivity index (χ1n) is 5.33. The molecule has 3 heteroatoms. The second-order valence-corrected chi connectivity index (χ2v) is 3.69. The normalized spacial score (nSPS) is 10.3. The highest BCUT2D eigenvalue weighted by Gasteiger charge is 2.06. The zero-order chi connectivity index (χ0) is 11.3. The largest absolute Gasteiger partial charge is 0.491 e. The van der Waals surface area contributed by atoms with E-state index in [1.165, 1.54) is 6.07 Å². The highest BCUT2D eigenvalue weighted by atomic mass is 19.1. The van der Waals surface area contributed by atoms with Crippen LogP contribution in [0, 0.1) is 12.7 Å². The number of unbranched alkanes of at least 4 members (excludes halogenated alkanes) is 2. The molecule has 0 radical (unpaired) electrons. The third kappa shape index (κ3) is 3.42. The molecule has 0 amide bonds. The van der Waals surface area contributed by atoms with Crippen molar-refractivity contribution in [2.45, 2.75) is 33.1 Å². The number of nitrogen functional groups attached to an aromatic ring is 1. The number of rotatable bonds is 5. The fraction of sp³-hybridized carbons (Fsp3) is 0.500. The van der Waals surface area contributed by atoms with Crippen molar-refractivity contribution in [3.05, 3.63) is 23.5 Å². The molecule has 0 aliphatic heterocycles. The van der Waals surface area contributed by atoms with Crippen molar-refractivity contribution < 1.29 is 9.13 Å². The molecule has 0 aromatic heterocycles. The van der Waals surface area contributed by atoms with Crippen molar-refractivity contribution in [2.75, 3.05) is 12.3 Å². The maximum atomic E-state index is 13.3. The van der Waals surface area contributed by atoms with Crippen LogP contribution in [0.3, 0.4) is 0 Å². The Morgan fingerprint density at radius 2 is 2.07 bits per heavy atom. The van der Waals surface area contributed by atoms with E-state index in [0.717, 1.165) is 24.8 Å². The minimum Gasteiger partial charge on any atom is -0.491 e. The molecule has 0 saturated carbocycles. The van der Waals surface area contributed by atoms with Crippen LogP contribution >= 0.6 is 0 Å². The smallest absolute Gasteiger partial charge is 0.167 e. The summed E-state index contributed by atoms with van der Waals surface area (Å²) < 4.78 is 18.7. The Balaban J connectivity index is 2.57. The fourth-order valence-electron chi connectivity index (χ4n) is 1.32. The average Bonchev–Trinajstić information content (AvgIpc) is 2.20. The van der Waals surface area contributed by atoms with Gasteiger partial charge in [0.1, 0.15) is 0 Å². The van der Waals surface area contributed by atoms with Crippen LogP contribution in [0.1, 0.15) is 31.7 Å². The molecule has 2 nitrogen and oxygen atoms in total. The molecule has 0 saturated heterocycles. The van der Waals surface area contributed by atoms with Gasteiger partial charge in [-0.2, -0.15) is 0 Å². The molecule has 0 aliphatic carbocycles. The molecule has 0 fully saturated rings. The Morgan fingerprint density at radius 3 is 2.73 bits per heavy atom. The maximum Gasteiger partial charge on any atom is 0.167 e. The zero-order valence-electron chi connectivity index (χ0n) is 9.35. The van der Waals surface area contributed by atoms with Gasteiger partial charge in [0.25, 0.3) is 0 Å². The van der Waals surface area contributed by atoms with Crippen molar-refractivity contribution in [3.63, 3.8) is 0 Å². The second-order valence-electron chi connectivity index (χ2n) is 3.69. The summed E-state index contributed by atoms with van der Waals surface area (Å²) in [6, 6.07) is 2.96. The van der Waals surface area contributed by atoms with E-state index in [2.05, 4.69) is 6.92 Å². The lowest BCUT2D eigenvalue weighted by molar-refractivity contribution is 0.291. The summed E-state index contributed by atoms with van der Waals surface area (Å²) in [5, 5.41) is 0. The van der Waals surface area contributed by atoms with Crippen molar-refractivity contribution in [1.82, 2.24) is 0 Å². The lowest BCUT2D eigenvalue weighted by Gasteiger charge is -2.09. The van der Waals surface area contributed by atoms with Gasteiger partial charge in [0.05, 0.1) is 6.61 Å². The number of anilines is 1. The van der Waals surface area contributed by atoms with Crippen LogP contribution in [0.2, 0.25) is 0 Å². The zero-order valence-corrected chi connectivity index (χ0v) is 9.35. The van der Waals surface area contributed by atoms with Crippen LogP contribution in [-0.2, 0) is 0 Å². The fourth-order valence-corrected chi connectivity index (χ4v) is 1.32. The minimum atomic E-state index is -0.380. The Labute approximate surface area is 90.2 Å². The summed E-state index contributed by atoms with van der Waals surface area (Å²) in [5.74, 6) is -0.0765. The minimum absolute atomic E-state index is 0.304. The highest BCUT2D eigenvalue weighted by Crippen LogP contribution is 2.23. The summed E-state index contributed by atoms with van der Waals surface area (Å²) in [6.45, 7) is 4.52. The third-order valence-corrected chi connectivity index (χ3v) is 2.33. The van der Waals surface area contributed by atoms with E-state index in [-0.39, 0.29) is 5.82 Å². The van der Waals surface area contributed by atoms with Gasteiger partial charge in [-0.25, -0.2) is 4.39 Å². The standard InChI is InChI=1S/C12H18FNO/c1-3-4-5-6-15-12-7-9(2)11(14)8-10(12)13/h7-8H,3-6,14H2,1-2H3. The summed E-state index contributed by atoms with van der Waals surface area (Å²) in [7, 11) is 0. The van der Waals surface area contributed by atoms with Crippen LogP contribution < -0.4 is 10.5 Å². The van der Waals surface area contributed by atoms with Gasteiger partial charge < -0.3 is 10.5 Å². The van der Waals surface area contributed by atoms with Gasteiger partial charge >= 0.3 is 0 Å². The van der Waals surface area contributed by atoms with Gasteiger partial charge in [-0.05, 0) is 25.0 Å². The van der Waals surface area contributed by atoms with Gasteiger partial charge in [-0.15, -0.1) is 0 Å². The number of hydrogen-bond acceptors (Lipinski definition) is 2. The predicted octanol–water partition coefficient (Wildman–Crippen LogP) is 3.29. The van der Waals surface area contributed by atoms with Crippen LogP contribution in [0.4, 0.5) is 10.1 Å². The van der Waals surface area contributed by atoms with Gasteiger partial charge in [0.2, 0.25) is 0 Å². The summed E-state index contributed by atoms with van der Waals surface area (Å²) >= 11 is 0. The molecule has 2 N–H and O–H groups in total. The van der Waals surface area contributed by atoms with Crippen LogP contribution in [0.25, 0.3) is 0 Å². The Kier molecular flexibility index (Phi) is 4.40. The first kappa shape index (κ1) is 11.8. The molecular formula is C12H18FNO. The third-order valence-electron chi connectivity index (χ3n) is 2.33. The number of nitrogens with two attached hydrogens (primary N) is 1. The molecule has 0 aliphatic rings. The molecule has 1 aromatic carbocycles. The van der Waals surface area contributed by atoms with Crippen molar-refractivity contribution >= 4 is 5.69 Å². The number of benzene rings is 1. The average molecular weight is 211 g/mol. The maximum absolute atomic E-state index is 13.3. The molecule has 15 heavy (non-hydrogen) atoms. The van der Waals surface area contributed by atoms with Gasteiger partial charge in [0.15, 0.2) is 11.6 Å². The number of ether oxygens (including phenoxy) is 1. The topological polar surface area (TPSA) is 35.2 Å². The first-order chi connectivity index (χ1) is 7.15. The van der Waals surface area contributed by atoms with Gasteiger partial charge in [-0.1, -0.05) is 19.8 Å². The SMILES string of the molecule is CCCCCOc1cc(C)c(N)cc1F. The summed E-state index contributed by atoms with van der Waals surface area (Å²) in [6.07, 6.45) is 3.20. The van der Waals surface area contributed by atoms with Gasteiger partial charge in [0, 0.05) is 11.8 Å². The predicted molar refractivity (Wildman–Crippen MR) is 60.6 cm³/mol. The first-order valence-corrected chi connectivity index (χ1v) is 5.33. The van der Waals surface area contributed by atoms with Crippen LogP contribution in [0.5, 0.6) is 5.75 Å². The molecule has 0 heterocycles. The lowest BCUT2D eigenvalue weighted by atomic mass is 10.2. The van der Waals surface area contributed by atoms with E-state index in [4.69, 9.17) is 10.5 Å². The summed E-state index contributed by atoms with van der Waals surface area (Å²) in [5.41, 5.74) is 6.89. The van der Waals surface area contributed by atoms with E-state index in [0.29, 0.717) is 18.0 Å². The van der Waals surface area contributed by atoms with E-state index >= 15 is 0 Å². The molecular weight excluding hydrogens is 193 g/mol. The Hall–Kier alpha value is -1.25. The number of aryl methyl sites for hydroxylation is 1. The molecule has 1 aromatic rings. The van der Waals surface area contributed by atoms with E-state index in [1.807, 2.05) is 6.92 Å². The highest BCUT2D eigenvalue weighted by molar-refractivity contribution is 5.50. The molecule has 0 spiro atoms. The Bertz CT molecular complexity index is 326. The molecule has 0 bridgehead atoms. The number of halogens is 1. The summed E-state index contributed by atoms with van der Waals surface area (Å²) in [4.78, 5) is 0. The molecule has 84 valence electrons. The van der Waals surface area contributed by atoms with E-state index in [9.17, 15) is 4.39 Å². The lowest BCUT2D eigenvalue weighted by Crippen LogP contribution is -2.01. The second kappa shape index (κ2) is 5.59. The van der Waals surface area contributed by atoms with E-state index < -0.39 is 0 Å². The molecule has 0 unspecified atom stereocenters. The van der Waals surface area contributed by atoms with Crippen molar-refractivity contribution in [2.24, 2.45) is 0 Å². The number of hydrogen-bond donors (Lipinski definition) is 1. The monoisotopic (exact) mass is 211 g/mol. The van der Waals surface area contributed by atoms with Crippen LogP contribution in [-0.4, -0.2) is 6.61 Å².